The summed E-state index contributed by atoms with van der Waals surface area (Å²) >= 11 is 0. The van der Waals surface area contributed by atoms with Crippen molar-refractivity contribution in [3.05, 3.63) is 47.8 Å². The molecule has 8 heteroatoms. The third-order valence-corrected chi connectivity index (χ3v) is 4.65. The first-order valence-electron chi connectivity index (χ1n) is 9.50. The fraction of sp³-hybridized carbons (Fsp3) is 0.400. The van der Waals surface area contributed by atoms with Crippen LogP contribution < -0.4 is 10.2 Å². The van der Waals surface area contributed by atoms with Gasteiger partial charge in [-0.1, -0.05) is 19.1 Å². The van der Waals surface area contributed by atoms with Crippen molar-refractivity contribution in [2.24, 2.45) is 0 Å². The number of hydrogen-bond acceptors (Lipinski definition) is 7. The minimum Gasteiger partial charge on any atom is -0.462 e. The van der Waals surface area contributed by atoms with Crippen molar-refractivity contribution in [3.8, 4) is 0 Å². The molecule has 1 aromatic heterocycles. The van der Waals surface area contributed by atoms with Crippen molar-refractivity contribution in [3.63, 3.8) is 0 Å². The van der Waals surface area contributed by atoms with E-state index in [9.17, 15) is 9.59 Å². The lowest BCUT2D eigenvalue weighted by Crippen LogP contribution is -2.46. The van der Waals surface area contributed by atoms with Crippen LogP contribution in [0.15, 0.2) is 36.5 Å². The molecule has 1 saturated heterocycles. The summed E-state index contributed by atoms with van der Waals surface area (Å²) in [4.78, 5) is 38.0. The maximum Gasteiger partial charge on any atom is 0.340 e. The molecule has 28 heavy (non-hydrogen) atoms. The van der Waals surface area contributed by atoms with E-state index >= 15 is 0 Å². The topological polar surface area (TPSA) is 87.7 Å². The van der Waals surface area contributed by atoms with Gasteiger partial charge in [-0.15, -0.1) is 0 Å². The molecule has 0 atom stereocenters. The van der Waals surface area contributed by atoms with Gasteiger partial charge in [0.2, 0.25) is 5.95 Å². The minimum absolute atomic E-state index is 0.251. The van der Waals surface area contributed by atoms with Crippen molar-refractivity contribution >= 4 is 23.5 Å². The van der Waals surface area contributed by atoms with E-state index in [0.29, 0.717) is 17.2 Å². The molecule has 148 valence electrons. The molecule has 1 aliphatic rings. The molecular weight excluding hydrogens is 358 g/mol. The van der Waals surface area contributed by atoms with Gasteiger partial charge in [-0.2, -0.15) is 0 Å². The summed E-state index contributed by atoms with van der Waals surface area (Å²) < 4.78 is 5.05. The summed E-state index contributed by atoms with van der Waals surface area (Å²) in [7, 11) is 0. The Morgan fingerprint density at radius 2 is 1.86 bits per heavy atom. The van der Waals surface area contributed by atoms with Crippen LogP contribution in [0, 0.1) is 0 Å². The molecule has 0 aliphatic carbocycles. The van der Waals surface area contributed by atoms with Crippen LogP contribution in [0.5, 0.6) is 0 Å². The normalized spacial score (nSPS) is 14.6. The van der Waals surface area contributed by atoms with Gasteiger partial charge >= 0.3 is 5.97 Å². The van der Waals surface area contributed by atoms with Crippen LogP contribution in [0.4, 0.5) is 11.6 Å². The molecule has 1 amide bonds. The first kappa shape index (κ1) is 19.8. The second kappa shape index (κ2) is 9.27. The van der Waals surface area contributed by atoms with Crippen molar-refractivity contribution in [2.75, 3.05) is 49.5 Å². The molecule has 2 heterocycles. The standard InChI is InChI=1S/C20H25N5O3/c1-3-24-11-13-25(14-12-24)20-21-10-9-17(23-20)18(26)22-16-8-6-5-7-15(16)19(27)28-4-2/h5-10H,3-4,11-14H2,1-2H3,(H,22,26). The van der Waals surface area contributed by atoms with Gasteiger partial charge in [-0.3, -0.25) is 4.79 Å². The summed E-state index contributed by atoms with van der Waals surface area (Å²) in [6.45, 7) is 8.72. The molecule has 0 saturated carbocycles. The number of carbonyl (C=O) groups is 2. The van der Waals surface area contributed by atoms with Gasteiger partial charge in [0.15, 0.2) is 0 Å². The van der Waals surface area contributed by atoms with Gasteiger partial charge in [-0.05, 0) is 31.7 Å². The van der Waals surface area contributed by atoms with E-state index in [4.69, 9.17) is 4.74 Å². The van der Waals surface area contributed by atoms with E-state index in [1.54, 1.807) is 43.5 Å². The van der Waals surface area contributed by atoms with E-state index in [1.165, 1.54) is 0 Å². The lowest BCUT2D eigenvalue weighted by molar-refractivity contribution is 0.0527. The van der Waals surface area contributed by atoms with Crippen LogP contribution in [0.3, 0.4) is 0 Å². The fourth-order valence-corrected chi connectivity index (χ4v) is 3.06. The quantitative estimate of drug-likeness (QED) is 0.764. The number of rotatable bonds is 6. The van der Waals surface area contributed by atoms with Crippen LogP contribution in [0.2, 0.25) is 0 Å². The Morgan fingerprint density at radius 1 is 1.11 bits per heavy atom. The SMILES string of the molecule is CCOC(=O)c1ccccc1NC(=O)c1ccnc(N2CCN(CC)CC2)n1. The largest absolute Gasteiger partial charge is 0.462 e. The number of likely N-dealkylation sites (N-methyl/N-ethyl adjacent to an activating group) is 1. The van der Waals surface area contributed by atoms with Gasteiger partial charge in [0.25, 0.3) is 5.91 Å². The predicted octanol–water partition coefficient (Wildman–Crippen LogP) is 2.05. The first-order chi connectivity index (χ1) is 13.6. The zero-order valence-corrected chi connectivity index (χ0v) is 16.2. The molecule has 1 aromatic carbocycles. The van der Waals surface area contributed by atoms with Gasteiger partial charge in [0.1, 0.15) is 5.69 Å². The number of amides is 1. The van der Waals surface area contributed by atoms with E-state index in [0.717, 1.165) is 32.7 Å². The number of nitrogens with zero attached hydrogens (tertiary/aromatic N) is 4. The highest BCUT2D eigenvalue weighted by Gasteiger charge is 2.20. The number of anilines is 2. The lowest BCUT2D eigenvalue weighted by atomic mass is 10.1. The second-order valence-corrected chi connectivity index (χ2v) is 6.38. The number of para-hydroxylation sites is 1. The molecule has 1 aliphatic heterocycles. The smallest absolute Gasteiger partial charge is 0.340 e. The van der Waals surface area contributed by atoms with E-state index in [1.807, 2.05) is 0 Å². The summed E-state index contributed by atoms with van der Waals surface area (Å²) in [5.74, 6) is -0.328. The Balaban J connectivity index is 1.73. The molecule has 0 spiro atoms. The highest BCUT2D eigenvalue weighted by Crippen LogP contribution is 2.18. The third-order valence-electron chi connectivity index (χ3n) is 4.65. The highest BCUT2D eigenvalue weighted by atomic mass is 16.5. The number of aromatic nitrogens is 2. The Kier molecular flexibility index (Phi) is 6.54. The van der Waals surface area contributed by atoms with Gasteiger partial charge < -0.3 is 19.9 Å². The van der Waals surface area contributed by atoms with Gasteiger partial charge in [0.05, 0.1) is 17.9 Å². The van der Waals surface area contributed by atoms with Crippen molar-refractivity contribution in [1.29, 1.82) is 0 Å². The van der Waals surface area contributed by atoms with E-state index in [2.05, 4.69) is 32.0 Å². The molecule has 2 aromatic rings. The first-order valence-corrected chi connectivity index (χ1v) is 9.50. The molecule has 8 nitrogen and oxygen atoms in total. The van der Waals surface area contributed by atoms with Crippen molar-refractivity contribution in [2.45, 2.75) is 13.8 Å². The fourth-order valence-electron chi connectivity index (χ4n) is 3.06. The zero-order valence-electron chi connectivity index (χ0n) is 16.2. The molecule has 1 fully saturated rings. The van der Waals surface area contributed by atoms with Crippen molar-refractivity contribution < 1.29 is 14.3 Å². The average Bonchev–Trinajstić information content (AvgIpc) is 2.74. The van der Waals surface area contributed by atoms with E-state index < -0.39 is 11.9 Å². The lowest BCUT2D eigenvalue weighted by Gasteiger charge is -2.34. The van der Waals surface area contributed by atoms with Crippen LogP contribution >= 0.6 is 0 Å². The second-order valence-electron chi connectivity index (χ2n) is 6.38. The number of hydrogen-bond donors (Lipinski definition) is 1. The number of ether oxygens (including phenoxy) is 1. The van der Waals surface area contributed by atoms with Crippen LogP contribution in [0.1, 0.15) is 34.7 Å². The average molecular weight is 383 g/mol. The maximum absolute atomic E-state index is 12.7. The van der Waals surface area contributed by atoms with E-state index in [-0.39, 0.29) is 12.3 Å². The molecule has 0 bridgehead atoms. The summed E-state index contributed by atoms with van der Waals surface area (Å²) in [6, 6.07) is 8.31. The number of benzene rings is 1. The van der Waals surface area contributed by atoms with Crippen LogP contribution in [0.25, 0.3) is 0 Å². The Bertz CT molecular complexity index is 834. The summed E-state index contributed by atoms with van der Waals surface area (Å²) in [5, 5.41) is 2.76. The van der Waals surface area contributed by atoms with Crippen LogP contribution in [-0.2, 0) is 4.74 Å². The maximum atomic E-state index is 12.7. The molecule has 1 N–H and O–H groups in total. The monoisotopic (exact) mass is 383 g/mol. The van der Waals surface area contributed by atoms with Crippen LogP contribution in [-0.4, -0.2) is 66.1 Å². The summed E-state index contributed by atoms with van der Waals surface area (Å²) in [6.07, 6.45) is 1.58. The minimum atomic E-state index is -0.476. The molecule has 3 rings (SSSR count). The third kappa shape index (κ3) is 4.64. The molecule has 0 radical (unpaired) electrons. The van der Waals surface area contributed by atoms with Crippen molar-refractivity contribution in [1.82, 2.24) is 14.9 Å². The molecule has 0 unspecified atom stereocenters. The number of esters is 1. The molecular formula is C20H25N5O3. The number of nitrogens with one attached hydrogen (secondary N) is 1. The number of piperazine rings is 1. The Labute approximate surface area is 164 Å². The predicted molar refractivity (Wildman–Crippen MR) is 107 cm³/mol. The van der Waals surface area contributed by atoms with Gasteiger partial charge in [0, 0.05) is 32.4 Å². The van der Waals surface area contributed by atoms with Gasteiger partial charge in [-0.25, -0.2) is 14.8 Å². The summed E-state index contributed by atoms with van der Waals surface area (Å²) in [5.41, 5.74) is 0.951. The number of carbonyl (C=O) groups excluding carboxylic acids is 2. The Hall–Kier alpha value is -3.00. The zero-order chi connectivity index (χ0) is 19.9. The Morgan fingerprint density at radius 3 is 2.57 bits per heavy atom. The highest BCUT2D eigenvalue weighted by molar-refractivity contribution is 6.07.